The fraction of sp³-hybridized carbons (Fsp3) is 0.278. The van der Waals surface area contributed by atoms with Gasteiger partial charge in [-0.25, -0.2) is 0 Å². The van der Waals surface area contributed by atoms with E-state index in [1.807, 2.05) is 42.2 Å². The number of halogens is 1. The van der Waals surface area contributed by atoms with Crippen LogP contribution in [0.15, 0.2) is 42.5 Å². The van der Waals surface area contributed by atoms with Gasteiger partial charge in [-0.05, 0) is 55.5 Å². The first kappa shape index (κ1) is 16.4. The van der Waals surface area contributed by atoms with E-state index in [0.29, 0.717) is 11.3 Å². The number of para-hydroxylation sites is 1. The highest BCUT2D eigenvalue weighted by Gasteiger charge is 2.23. The van der Waals surface area contributed by atoms with Crippen molar-refractivity contribution in [2.75, 3.05) is 17.2 Å². The van der Waals surface area contributed by atoms with Crippen LogP contribution in [-0.4, -0.2) is 12.5 Å². The molecule has 0 saturated heterocycles. The van der Waals surface area contributed by atoms with Crippen LogP contribution >= 0.6 is 12.4 Å². The predicted molar refractivity (Wildman–Crippen MR) is 93.9 cm³/mol. The molecule has 0 saturated carbocycles. The monoisotopic (exact) mass is 316 g/mol. The van der Waals surface area contributed by atoms with Crippen molar-refractivity contribution >= 4 is 29.7 Å². The molecule has 0 atom stereocenters. The summed E-state index contributed by atoms with van der Waals surface area (Å²) in [6.45, 7) is 2.72. The maximum Gasteiger partial charge on any atom is 0.258 e. The zero-order chi connectivity index (χ0) is 14.8. The SMILES string of the molecule is Cc1ccc(N)cc1C(=O)N1CCCCc2ccccc21.Cl. The molecule has 0 unspecified atom stereocenters. The summed E-state index contributed by atoms with van der Waals surface area (Å²) in [4.78, 5) is 14.9. The molecule has 0 radical (unpaired) electrons. The Kier molecular flexibility index (Phi) is 5.09. The van der Waals surface area contributed by atoms with E-state index in [2.05, 4.69) is 6.07 Å². The average Bonchev–Trinajstić information content (AvgIpc) is 2.71. The lowest BCUT2D eigenvalue weighted by Crippen LogP contribution is -2.32. The van der Waals surface area contributed by atoms with Gasteiger partial charge in [0.15, 0.2) is 0 Å². The van der Waals surface area contributed by atoms with Crippen molar-refractivity contribution in [3.05, 3.63) is 59.2 Å². The van der Waals surface area contributed by atoms with Crippen LogP contribution in [0.2, 0.25) is 0 Å². The van der Waals surface area contributed by atoms with Gasteiger partial charge in [0.25, 0.3) is 5.91 Å². The number of nitrogen functional groups attached to an aromatic ring is 1. The molecule has 0 bridgehead atoms. The maximum absolute atomic E-state index is 13.0. The van der Waals surface area contributed by atoms with E-state index in [9.17, 15) is 4.79 Å². The number of hydrogen-bond acceptors (Lipinski definition) is 2. The molecule has 1 heterocycles. The first-order chi connectivity index (χ1) is 10.2. The van der Waals surface area contributed by atoms with Crippen LogP contribution in [0.1, 0.15) is 34.3 Å². The van der Waals surface area contributed by atoms with Crippen LogP contribution < -0.4 is 10.6 Å². The van der Waals surface area contributed by atoms with Gasteiger partial charge in [0.05, 0.1) is 0 Å². The predicted octanol–water partition coefficient (Wildman–Crippen LogP) is 3.98. The number of carbonyl (C=O) groups is 1. The van der Waals surface area contributed by atoms with E-state index in [1.54, 1.807) is 6.07 Å². The van der Waals surface area contributed by atoms with Crippen molar-refractivity contribution in [3.63, 3.8) is 0 Å². The van der Waals surface area contributed by atoms with Gasteiger partial charge in [-0.15, -0.1) is 12.4 Å². The standard InChI is InChI=1S/C18H20N2O.ClH/c1-13-9-10-15(19)12-16(13)18(21)20-11-5-4-7-14-6-2-3-8-17(14)20;/h2-3,6,8-10,12H,4-5,7,11,19H2,1H3;1H. The minimum absolute atomic E-state index is 0. The second-order valence-electron chi connectivity index (χ2n) is 5.62. The lowest BCUT2D eigenvalue weighted by atomic mass is 10.0. The molecule has 3 rings (SSSR count). The van der Waals surface area contributed by atoms with Gasteiger partial charge in [0.1, 0.15) is 0 Å². The summed E-state index contributed by atoms with van der Waals surface area (Å²) in [7, 11) is 0. The first-order valence-corrected chi connectivity index (χ1v) is 7.43. The number of benzene rings is 2. The summed E-state index contributed by atoms with van der Waals surface area (Å²) in [5.41, 5.74) is 10.4. The van der Waals surface area contributed by atoms with Crippen molar-refractivity contribution in [1.29, 1.82) is 0 Å². The van der Waals surface area contributed by atoms with Gasteiger partial charge in [-0.2, -0.15) is 0 Å². The summed E-state index contributed by atoms with van der Waals surface area (Å²) in [5, 5.41) is 0. The van der Waals surface area contributed by atoms with E-state index in [0.717, 1.165) is 37.1 Å². The zero-order valence-corrected chi connectivity index (χ0v) is 13.5. The number of nitrogens with zero attached hydrogens (tertiary/aromatic N) is 1. The van der Waals surface area contributed by atoms with Crippen molar-refractivity contribution in [2.45, 2.75) is 26.2 Å². The molecule has 0 aromatic heterocycles. The van der Waals surface area contributed by atoms with E-state index < -0.39 is 0 Å². The number of carbonyl (C=O) groups excluding carboxylic acids is 1. The first-order valence-electron chi connectivity index (χ1n) is 7.43. The third-order valence-electron chi connectivity index (χ3n) is 4.10. The van der Waals surface area contributed by atoms with Crippen LogP contribution in [0.25, 0.3) is 0 Å². The molecule has 0 spiro atoms. The molecule has 2 aromatic carbocycles. The van der Waals surface area contributed by atoms with E-state index in [4.69, 9.17) is 5.73 Å². The number of anilines is 2. The topological polar surface area (TPSA) is 46.3 Å². The molecule has 3 nitrogen and oxygen atoms in total. The highest BCUT2D eigenvalue weighted by atomic mass is 35.5. The van der Waals surface area contributed by atoms with Crippen LogP contribution in [0.5, 0.6) is 0 Å². The van der Waals surface area contributed by atoms with Crippen molar-refractivity contribution in [1.82, 2.24) is 0 Å². The summed E-state index contributed by atoms with van der Waals surface area (Å²) >= 11 is 0. The smallest absolute Gasteiger partial charge is 0.258 e. The lowest BCUT2D eigenvalue weighted by molar-refractivity contribution is 0.0986. The van der Waals surface area contributed by atoms with E-state index in [-0.39, 0.29) is 18.3 Å². The van der Waals surface area contributed by atoms with E-state index >= 15 is 0 Å². The van der Waals surface area contributed by atoms with Gasteiger partial charge in [0.2, 0.25) is 0 Å². The van der Waals surface area contributed by atoms with Crippen molar-refractivity contribution in [2.24, 2.45) is 0 Å². The second kappa shape index (κ2) is 6.84. The van der Waals surface area contributed by atoms with Crippen LogP contribution in [-0.2, 0) is 6.42 Å². The summed E-state index contributed by atoms with van der Waals surface area (Å²) in [6, 6.07) is 13.7. The van der Waals surface area contributed by atoms with Gasteiger partial charge in [-0.3, -0.25) is 4.79 Å². The highest BCUT2D eigenvalue weighted by Crippen LogP contribution is 2.28. The van der Waals surface area contributed by atoms with Crippen LogP contribution in [0.3, 0.4) is 0 Å². The number of fused-ring (bicyclic) bond motifs is 1. The minimum Gasteiger partial charge on any atom is -0.399 e. The second-order valence-corrected chi connectivity index (χ2v) is 5.62. The Hall–Kier alpha value is -2.00. The van der Waals surface area contributed by atoms with Gasteiger partial charge in [-0.1, -0.05) is 24.3 Å². The van der Waals surface area contributed by atoms with Crippen LogP contribution in [0.4, 0.5) is 11.4 Å². The van der Waals surface area contributed by atoms with Gasteiger partial charge in [0, 0.05) is 23.5 Å². The molecular formula is C18H21ClN2O. The molecule has 22 heavy (non-hydrogen) atoms. The largest absolute Gasteiger partial charge is 0.399 e. The third kappa shape index (κ3) is 3.09. The zero-order valence-electron chi connectivity index (χ0n) is 12.7. The number of nitrogens with two attached hydrogens (primary N) is 1. The number of aryl methyl sites for hydroxylation is 2. The minimum atomic E-state index is 0. The Bertz CT molecular complexity index is 685. The molecule has 2 aromatic rings. The fourth-order valence-electron chi connectivity index (χ4n) is 2.92. The molecule has 4 heteroatoms. The average molecular weight is 317 g/mol. The van der Waals surface area contributed by atoms with Gasteiger partial charge >= 0.3 is 0 Å². The normalized spacial score (nSPS) is 13.8. The quantitative estimate of drug-likeness (QED) is 0.809. The Labute approximate surface area is 137 Å². The maximum atomic E-state index is 13.0. The molecule has 1 aliphatic heterocycles. The molecule has 0 aliphatic carbocycles. The highest BCUT2D eigenvalue weighted by molar-refractivity contribution is 6.08. The molecular weight excluding hydrogens is 296 g/mol. The summed E-state index contributed by atoms with van der Waals surface area (Å²) in [6.07, 6.45) is 3.19. The molecule has 2 N–H and O–H groups in total. The third-order valence-corrected chi connectivity index (χ3v) is 4.10. The Morgan fingerprint density at radius 1 is 1.14 bits per heavy atom. The Morgan fingerprint density at radius 3 is 2.73 bits per heavy atom. The molecule has 1 amide bonds. The summed E-state index contributed by atoms with van der Waals surface area (Å²) in [5.74, 6) is 0.0501. The molecule has 0 fully saturated rings. The number of rotatable bonds is 1. The van der Waals surface area contributed by atoms with Gasteiger partial charge < -0.3 is 10.6 Å². The van der Waals surface area contributed by atoms with E-state index in [1.165, 1.54) is 5.56 Å². The fourth-order valence-corrected chi connectivity index (χ4v) is 2.92. The van der Waals surface area contributed by atoms with Crippen molar-refractivity contribution in [3.8, 4) is 0 Å². The number of amides is 1. The van der Waals surface area contributed by atoms with Crippen LogP contribution in [0, 0.1) is 6.92 Å². The van der Waals surface area contributed by atoms with Crippen molar-refractivity contribution < 1.29 is 4.79 Å². The Balaban J connectivity index is 0.00000176. The Morgan fingerprint density at radius 2 is 1.91 bits per heavy atom. The molecule has 1 aliphatic rings. The lowest BCUT2D eigenvalue weighted by Gasteiger charge is -2.24. The molecule has 116 valence electrons. The number of hydrogen-bond donors (Lipinski definition) is 1. The summed E-state index contributed by atoms with van der Waals surface area (Å²) < 4.78 is 0.